The van der Waals surface area contributed by atoms with Crippen molar-refractivity contribution in [2.24, 2.45) is 11.1 Å². The first-order valence-corrected chi connectivity index (χ1v) is 6.99. The van der Waals surface area contributed by atoms with E-state index in [2.05, 4.69) is 46.4 Å². The average Bonchev–Trinajstić information content (AvgIpc) is 2.19. The molecule has 0 amide bonds. The van der Waals surface area contributed by atoms with Crippen LogP contribution in [0.25, 0.3) is 0 Å². The van der Waals surface area contributed by atoms with Crippen LogP contribution in [0.3, 0.4) is 0 Å². The largest absolute Gasteiger partial charge is 0.361 e. The topological polar surface area (TPSA) is 29.3 Å². The van der Waals surface area contributed by atoms with Gasteiger partial charge in [0.25, 0.3) is 0 Å². The van der Waals surface area contributed by atoms with E-state index < -0.39 is 0 Å². The summed E-state index contributed by atoms with van der Waals surface area (Å²) in [5.41, 5.74) is 6.60. The Hall–Kier alpha value is -0.150. The molecule has 1 aliphatic rings. The molecule has 1 rings (SSSR count). The van der Waals surface area contributed by atoms with E-state index in [0.717, 1.165) is 30.8 Å². The maximum absolute atomic E-state index is 6.41. The minimum absolute atomic E-state index is 0.0912. The molecular weight excluding hydrogens is 228 g/mol. The van der Waals surface area contributed by atoms with Gasteiger partial charge < -0.3 is 10.6 Å². The summed E-state index contributed by atoms with van der Waals surface area (Å²) in [5, 5.41) is 0. The van der Waals surface area contributed by atoms with Crippen molar-refractivity contribution in [1.82, 2.24) is 4.90 Å². The van der Waals surface area contributed by atoms with E-state index in [1.54, 1.807) is 0 Å². The highest BCUT2D eigenvalue weighted by atomic mass is 32.1. The number of hydrogen-bond acceptors (Lipinski definition) is 2. The molecular formula is C14H28N2S. The van der Waals surface area contributed by atoms with Gasteiger partial charge in [-0.05, 0) is 46.0 Å². The summed E-state index contributed by atoms with van der Waals surface area (Å²) in [6.07, 6.45) is 3.02. The molecule has 1 aliphatic heterocycles. The van der Waals surface area contributed by atoms with Crippen LogP contribution in [0.5, 0.6) is 0 Å². The van der Waals surface area contributed by atoms with Gasteiger partial charge in [-0.2, -0.15) is 0 Å². The number of hydrogen-bond donors (Lipinski definition) is 1. The van der Waals surface area contributed by atoms with Gasteiger partial charge in [-0.25, -0.2) is 0 Å². The minimum Gasteiger partial charge on any atom is -0.361 e. The summed E-state index contributed by atoms with van der Waals surface area (Å²) in [6, 6.07) is 0. The Morgan fingerprint density at radius 3 is 2.29 bits per heavy atom. The molecule has 2 unspecified atom stereocenters. The lowest BCUT2D eigenvalue weighted by Gasteiger charge is -2.42. The Labute approximate surface area is 112 Å². The Morgan fingerprint density at radius 2 is 1.88 bits per heavy atom. The fourth-order valence-corrected chi connectivity index (χ4v) is 3.52. The SMILES string of the molecule is CCC1(C)CN(C(C)(C)C)C(=S)CC(C)(N)C1. The number of rotatable bonds is 1. The zero-order valence-corrected chi connectivity index (χ0v) is 13.1. The molecule has 3 heteroatoms. The van der Waals surface area contributed by atoms with Crippen molar-refractivity contribution < 1.29 is 0 Å². The quantitative estimate of drug-likeness (QED) is 0.730. The van der Waals surface area contributed by atoms with Crippen molar-refractivity contribution in [3.8, 4) is 0 Å². The smallest absolute Gasteiger partial charge is 0.0802 e. The van der Waals surface area contributed by atoms with Crippen LogP contribution in [0.2, 0.25) is 0 Å². The predicted molar refractivity (Wildman–Crippen MR) is 79.3 cm³/mol. The zero-order chi connectivity index (χ0) is 13.5. The minimum atomic E-state index is -0.165. The molecule has 2 atom stereocenters. The number of thiocarbonyl (C=S) groups is 1. The van der Waals surface area contributed by atoms with Crippen molar-refractivity contribution in [2.45, 2.75) is 71.9 Å². The van der Waals surface area contributed by atoms with Crippen LogP contribution in [-0.4, -0.2) is 27.5 Å². The summed E-state index contributed by atoms with van der Waals surface area (Å²) < 4.78 is 0. The van der Waals surface area contributed by atoms with Crippen molar-refractivity contribution in [2.75, 3.05) is 6.54 Å². The molecule has 1 heterocycles. The standard InChI is InChI=1S/C14H28N2S/c1-7-13(5)9-14(6,15)8-11(17)16(10-13)12(2,3)4/h7-10,15H2,1-6H3. The second-order valence-electron chi connectivity index (χ2n) is 7.32. The third kappa shape index (κ3) is 3.65. The zero-order valence-electron chi connectivity index (χ0n) is 12.3. The molecule has 1 fully saturated rings. The molecule has 0 aromatic heterocycles. The van der Waals surface area contributed by atoms with E-state index >= 15 is 0 Å². The van der Waals surface area contributed by atoms with Crippen molar-refractivity contribution >= 4 is 17.2 Å². The van der Waals surface area contributed by atoms with E-state index in [1.807, 2.05) is 0 Å². The van der Waals surface area contributed by atoms with E-state index in [1.165, 1.54) is 0 Å². The van der Waals surface area contributed by atoms with E-state index in [0.29, 0.717) is 0 Å². The summed E-state index contributed by atoms with van der Waals surface area (Å²) in [5.74, 6) is 0. The van der Waals surface area contributed by atoms with Gasteiger partial charge in [0, 0.05) is 24.0 Å². The van der Waals surface area contributed by atoms with Gasteiger partial charge in [0.2, 0.25) is 0 Å². The molecule has 2 nitrogen and oxygen atoms in total. The Morgan fingerprint density at radius 1 is 1.35 bits per heavy atom. The summed E-state index contributed by atoms with van der Waals surface area (Å²) in [6.45, 7) is 14.5. The molecule has 100 valence electrons. The molecule has 0 aromatic carbocycles. The van der Waals surface area contributed by atoms with Gasteiger partial charge in [-0.15, -0.1) is 0 Å². The predicted octanol–water partition coefficient (Wildman–Crippen LogP) is 3.34. The molecule has 2 N–H and O–H groups in total. The van der Waals surface area contributed by atoms with Gasteiger partial charge in [-0.3, -0.25) is 0 Å². The normalized spacial score (nSPS) is 35.9. The third-order valence-corrected chi connectivity index (χ3v) is 4.25. The molecule has 0 aromatic rings. The van der Waals surface area contributed by atoms with Crippen molar-refractivity contribution in [3.05, 3.63) is 0 Å². The molecule has 17 heavy (non-hydrogen) atoms. The van der Waals surface area contributed by atoms with Crippen LogP contribution < -0.4 is 5.73 Å². The lowest BCUT2D eigenvalue weighted by atomic mass is 9.76. The Balaban J connectivity index is 3.08. The third-order valence-electron chi connectivity index (χ3n) is 3.89. The summed E-state index contributed by atoms with van der Waals surface area (Å²) >= 11 is 5.61. The number of nitrogens with two attached hydrogens (primary N) is 1. The maximum atomic E-state index is 6.41. The van der Waals surface area contributed by atoms with Crippen LogP contribution in [-0.2, 0) is 0 Å². The lowest BCUT2D eigenvalue weighted by molar-refractivity contribution is 0.137. The van der Waals surface area contributed by atoms with Crippen LogP contribution in [0.1, 0.15) is 60.8 Å². The monoisotopic (exact) mass is 256 g/mol. The number of nitrogens with zero attached hydrogens (tertiary/aromatic N) is 1. The Kier molecular flexibility index (Phi) is 3.95. The molecule has 0 aliphatic carbocycles. The van der Waals surface area contributed by atoms with Gasteiger partial charge in [0.15, 0.2) is 0 Å². The van der Waals surface area contributed by atoms with Gasteiger partial charge in [0.1, 0.15) is 0 Å². The molecule has 0 bridgehead atoms. The van der Waals surface area contributed by atoms with Crippen molar-refractivity contribution in [3.63, 3.8) is 0 Å². The highest BCUT2D eigenvalue weighted by Gasteiger charge is 2.41. The van der Waals surface area contributed by atoms with Gasteiger partial charge >= 0.3 is 0 Å². The van der Waals surface area contributed by atoms with Crippen LogP contribution in [0, 0.1) is 5.41 Å². The second-order valence-corrected chi connectivity index (χ2v) is 7.79. The number of likely N-dealkylation sites (tertiary alicyclic amines) is 1. The maximum Gasteiger partial charge on any atom is 0.0802 e. The van der Waals surface area contributed by atoms with Crippen LogP contribution in [0.4, 0.5) is 0 Å². The van der Waals surface area contributed by atoms with E-state index in [4.69, 9.17) is 18.0 Å². The van der Waals surface area contributed by atoms with Crippen LogP contribution >= 0.6 is 12.2 Å². The van der Waals surface area contributed by atoms with Gasteiger partial charge in [0.05, 0.1) is 4.99 Å². The van der Waals surface area contributed by atoms with Crippen LogP contribution in [0.15, 0.2) is 0 Å². The Bertz CT molecular complexity index is 304. The molecule has 0 saturated carbocycles. The summed E-state index contributed by atoms with van der Waals surface area (Å²) in [7, 11) is 0. The first-order valence-electron chi connectivity index (χ1n) is 6.58. The fourth-order valence-electron chi connectivity index (χ4n) is 2.85. The first-order chi connectivity index (χ1) is 7.49. The van der Waals surface area contributed by atoms with E-state index in [9.17, 15) is 0 Å². The van der Waals surface area contributed by atoms with Gasteiger partial charge in [-0.1, -0.05) is 26.1 Å². The fraction of sp³-hybridized carbons (Fsp3) is 0.929. The highest BCUT2D eigenvalue weighted by Crippen LogP contribution is 2.39. The molecule has 1 saturated heterocycles. The lowest BCUT2D eigenvalue weighted by Crippen LogP contribution is -2.48. The first kappa shape index (κ1) is 14.9. The van der Waals surface area contributed by atoms with Crippen molar-refractivity contribution in [1.29, 1.82) is 0 Å². The molecule has 0 radical (unpaired) electrons. The average molecular weight is 256 g/mol. The second kappa shape index (κ2) is 4.51. The highest BCUT2D eigenvalue weighted by molar-refractivity contribution is 7.80. The summed E-state index contributed by atoms with van der Waals surface area (Å²) in [4.78, 5) is 3.41. The molecule has 0 spiro atoms. The van der Waals surface area contributed by atoms with E-state index in [-0.39, 0.29) is 16.5 Å².